The molecule has 4 aromatic carbocycles. The maximum Gasteiger partial charge on any atom is 0.433 e. The van der Waals surface area contributed by atoms with Crippen molar-refractivity contribution in [3.05, 3.63) is 143 Å². The third kappa shape index (κ3) is 6.11. The number of amidine groups is 1. The van der Waals surface area contributed by atoms with Gasteiger partial charge < -0.3 is 21.5 Å². The monoisotopic (exact) mass is 532 g/mol. The van der Waals surface area contributed by atoms with Crippen molar-refractivity contribution in [2.75, 3.05) is 6.54 Å². The summed E-state index contributed by atoms with van der Waals surface area (Å²) in [7, 11) is 0. The zero-order valence-corrected chi connectivity index (χ0v) is 22.1. The Kier molecular flexibility index (Phi) is 8.03. The number of rotatable bonds is 9. The van der Waals surface area contributed by atoms with Crippen molar-refractivity contribution in [1.29, 1.82) is 0 Å². The maximum absolute atomic E-state index is 13.9. The second-order valence-corrected chi connectivity index (χ2v) is 10.1. The van der Waals surface area contributed by atoms with Gasteiger partial charge >= 0.3 is 6.09 Å². The summed E-state index contributed by atoms with van der Waals surface area (Å²) in [6.45, 7) is 0.933. The largest absolute Gasteiger partial charge is 0.463 e. The first-order valence-electron chi connectivity index (χ1n) is 13.3. The van der Waals surface area contributed by atoms with E-state index < -0.39 is 11.6 Å². The van der Waals surface area contributed by atoms with Gasteiger partial charge in [-0.2, -0.15) is 4.99 Å². The minimum Gasteiger partial charge on any atom is -0.463 e. The number of nitrogens with one attached hydrogen (secondary N) is 2. The van der Waals surface area contributed by atoms with E-state index in [1.807, 2.05) is 60.7 Å². The van der Waals surface area contributed by atoms with Crippen molar-refractivity contribution in [3.63, 3.8) is 0 Å². The van der Waals surface area contributed by atoms with Crippen molar-refractivity contribution < 1.29 is 14.7 Å². The number of hydrogen-bond acceptors (Lipinski definition) is 3. The van der Waals surface area contributed by atoms with Crippen LogP contribution in [0, 0.1) is 0 Å². The number of fused-ring (bicyclic) bond motifs is 1. The summed E-state index contributed by atoms with van der Waals surface area (Å²) in [4.78, 5) is 28.1. The standard InChI is InChI=1S/C33H32N4O3/c34-30(37-32(39)40)26-17-15-23(16-18-26)21-35-31(38)33(19-27-13-7-8-14-28(27)20-33)36-22-29(24-9-3-1-4-10-24)25-11-5-2-6-12-25/h1-18,29,36H,19-22H2,(H2,34,37)(H,35,38)(H,39,40). The Balaban J connectivity index is 1.35. The summed E-state index contributed by atoms with van der Waals surface area (Å²) in [5.74, 6) is -0.0396. The summed E-state index contributed by atoms with van der Waals surface area (Å²) in [6.07, 6.45) is -0.134. The minimum absolute atomic E-state index is 0.0559. The minimum atomic E-state index is -1.34. The van der Waals surface area contributed by atoms with Gasteiger partial charge in [0.1, 0.15) is 11.4 Å². The van der Waals surface area contributed by atoms with Gasteiger partial charge in [0.2, 0.25) is 5.91 Å². The number of carboxylic acid groups (broad SMARTS) is 1. The van der Waals surface area contributed by atoms with Gasteiger partial charge in [-0.05, 0) is 27.8 Å². The first kappa shape index (κ1) is 26.8. The lowest BCUT2D eigenvalue weighted by molar-refractivity contribution is -0.127. The van der Waals surface area contributed by atoms with Crippen molar-refractivity contribution in [2.45, 2.75) is 30.8 Å². The predicted octanol–water partition coefficient (Wildman–Crippen LogP) is 4.65. The van der Waals surface area contributed by atoms with E-state index in [4.69, 9.17) is 10.8 Å². The molecule has 0 aliphatic heterocycles. The molecule has 0 aromatic heterocycles. The summed E-state index contributed by atoms with van der Waals surface area (Å²) in [6, 6.07) is 36.0. The molecule has 0 heterocycles. The molecule has 5 N–H and O–H groups in total. The zero-order valence-electron chi connectivity index (χ0n) is 22.1. The molecular formula is C33H32N4O3. The van der Waals surface area contributed by atoms with Crippen LogP contribution in [0.25, 0.3) is 0 Å². The molecule has 40 heavy (non-hydrogen) atoms. The van der Waals surface area contributed by atoms with E-state index in [1.54, 1.807) is 12.1 Å². The number of nitrogens with zero attached hydrogens (tertiary/aromatic N) is 1. The van der Waals surface area contributed by atoms with Gasteiger partial charge in [-0.25, -0.2) is 4.79 Å². The highest BCUT2D eigenvalue weighted by molar-refractivity contribution is 6.02. The van der Waals surface area contributed by atoms with Crippen LogP contribution < -0.4 is 16.4 Å². The van der Waals surface area contributed by atoms with Gasteiger partial charge in [0.25, 0.3) is 0 Å². The Morgan fingerprint density at radius 3 is 1.85 bits per heavy atom. The quantitative estimate of drug-likeness (QED) is 0.185. The van der Waals surface area contributed by atoms with Gasteiger partial charge in [0.05, 0.1) is 0 Å². The van der Waals surface area contributed by atoms with E-state index in [0.29, 0.717) is 31.5 Å². The van der Waals surface area contributed by atoms with E-state index in [2.05, 4.69) is 52.0 Å². The summed E-state index contributed by atoms with van der Waals surface area (Å²) >= 11 is 0. The smallest absolute Gasteiger partial charge is 0.433 e. The number of nitrogens with two attached hydrogens (primary N) is 1. The molecule has 0 radical (unpaired) electrons. The molecule has 0 saturated carbocycles. The molecule has 1 aliphatic rings. The van der Waals surface area contributed by atoms with Crippen molar-refractivity contribution >= 4 is 17.8 Å². The molecule has 0 atom stereocenters. The first-order chi connectivity index (χ1) is 19.4. The van der Waals surface area contributed by atoms with Crippen LogP contribution in [0.1, 0.15) is 39.3 Å². The topological polar surface area (TPSA) is 117 Å². The molecule has 0 unspecified atom stereocenters. The van der Waals surface area contributed by atoms with Crippen molar-refractivity contribution in [3.8, 4) is 0 Å². The molecule has 1 aliphatic carbocycles. The van der Waals surface area contributed by atoms with Crippen LogP contribution in [-0.2, 0) is 24.2 Å². The van der Waals surface area contributed by atoms with Crippen molar-refractivity contribution in [2.24, 2.45) is 10.7 Å². The fourth-order valence-electron chi connectivity index (χ4n) is 5.39. The van der Waals surface area contributed by atoms with E-state index in [-0.39, 0.29) is 17.7 Å². The molecule has 0 bridgehead atoms. The molecule has 202 valence electrons. The molecule has 2 amide bonds. The number of amides is 2. The average Bonchev–Trinajstić information content (AvgIpc) is 3.37. The molecule has 4 aromatic rings. The first-order valence-corrected chi connectivity index (χ1v) is 13.3. The molecular weight excluding hydrogens is 500 g/mol. The summed E-state index contributed by atoms with van der Waals surface area (Å²) in [5, 5.41) is 15.7. The van der Waals surface area contributed by atoms with Gasteiger partial charge in [-0.3, -0.25) is 4.79 Å². The van der Waals surface area contributed by atoms with Crippen LogP contribution in [-0.4, -0.2) is 35.0 Å². The van der Waals surface area contributed by atoms with E-state index >= 15 is 0 Å². The van der Waals surface area contributed by atoms with Crippen LogP contribution in [0.15, 0.2) is 114 Å². The fraction of sp³-hybridized carbons (Fsp3) is 0.182. The Morgan fingerprint density at radius 2 is 1.32 bits per heavy atom. The van der Waals surface area contributed by atoms with E-state index in [9.17, 15) is 9.59 Å². The lowest BCUT2D eigenvalue weighted by Crippen LogP contribution is -2.58. The van der Waals surface area contributed by atoms with E-state index in [1.165, 1.54) is 22.3 Å². The van der Waals surface area contributed by atoms with Crippen LogP contribution >= 0.6 is 0 Å². The number of carbonyl (C=O) groups excluding carboxylic acids is 1. The van der Waals surface area contributed by atoms with Crippen molar-refractivity contribution in [1.82, 2.24) is 10.6 Å². The lowest BCUT2D eigenvalue weighted by atomic mass is 9.88. The Morgan fingerprint density at radius 1 is 0.800 bits per heavy atom. The second kappa shape index (κ2) is 12.0. The Hall–Kier alpha value is -4.75. The third-order valence-corrected chi connectivity index (χ3v) is 7.50. The van der Waals surface area contributed by atoms with Gasteiger partial charge in [-0.1, -0.05) is 109 Å². The number of carbonyl (C=O) groups is 2. The van der Waals surface area contributed by atoms with Gasteiger partial charge in [-0.15, -0.1) is 0 Å². The summed E-state index contributed by atoms with van der Waals surface area (Å²) < 4.78 is 0. The molecule has 7 nitrogen and oxygen atoms in total. The third-order valence-electron chi connectivity index (χ3n) is 7.50. The summed E-state index contributed by atoms with van der Waals surface area (Å²) in [5.41, 5.74) is 11.1. The highest BCUT2D eigenvalue weighted by Gasteiger charge is 2.43. The lowest BCUT2D eigenvalue weighted by Gasteiger charge is -2.32. The zero-order chi connectivity index (χ0) is 28.0. The normalized spacial score (nSPS) is 14.1. The molecule has 0 fully saturated rings. The fourth-order valence-corrected chi connectivity index (χ4v) is 5.39. The number of hydrogen-bond donors (Lipinski definition) is 4. The average molecular weight is 533 g/mol. The van der Waals surface area contributed by atoms with Crippen LogP contribution in [0.5, 0.6) is 0 Å². The highest BCUT2D eigenvalue weighted by atomic mass is 16.4. The van der Waals surface area contributed by atoms with Gasteiger partial charge in [0, 0.05) is 37.4 Å². The predicted molar refractivity (Wildman–Crippen MR) is 156 cm³/mol. The molecule has 7 heteroatoms. The molecule has 0 saturated heterocycles. The van der Waals surface area contributed by atoms with Crippen LogP contribution in [0.2, 0.25) is 0 Å². The van der Waals surface area contributed by atoms with Gasteiger partial charge in [0.15, 0.2) is 0 Å². The SMILES string of the molecule is NC(=NC(=O)O)c1ccc(CNC(=O)C2(NCC(c3ccccc3)c3ccccc3)Cc3ccccc3C2)cc1. The van der Waals surface area contributed by atoms with E-state index in [0.717, 1.165) is 5.56 Å². The Labute approximate surface area is 233 Å². The second-order valence-electron chi connectivity index (χ2n) is 10.1. The molecule has 5 rings (SSSR count). The number of aliphatic imine (C=N–C) groups is 1. The van der Waals surface area contributed by atoms with Crippen LogP contribution in [0.3, 0.4) is 0 Å². The maximum atomic E-state index is 13.9. The van der Waals surface area contributed by atoms with Crippen LogP contribution in [0.4, 0.5) is 4.79 Å². The molecule has 0 spiro atoms. The highest BCUT2D eigenvalue weighted by Crippen LogP contribution is 2.32. The number of benzene rings is 4. The Bertz CT molecular complexity index is 1440.